The number of aliphatic hydroxyl groups excluding tert-OH is 1. The number of hydrogen-bond acceptors (Lipinski definition) is 9. The van der Waals surface area contributed by atoms with Crippen LogP contribution in [0.1, 0.15) is 86.0 Å². The Kier molecular flexibility index (Phi) is 11.7. The molecule has 4 N–H and O–H groups in total. The molecule has 0 aromatic heterocycles. The number of piperidine rings is 1. The fourth-order valence-electron chi connectivity index (χ4n) is 6.07. The first-order valence-electron chi connectivity index (χ1n) is 15.7. The number of hydrogen-bond donors (Lipinski definition) is 4. The zero-order chi connectivity index (χ0) is 30.8. The molecule has 240 valence electrons. The number of carbonyl (C=O) groups is 2. The Labute approximate surface area is 258 Å². The second-order valence-corrected chi connectivity index (χ2v) is 11.9. The van der Waals surface area contributed by atoms with Gasteiger partial charge in [0.15, 0.2) is 12.1 Å². The molecule has 2 aromatic carbocycles. The van der Waals surface area contributed by atoms with Crippen LogP contribution in [0.25, 0.3) is 0 Å². The van der Waals surface area contributed by atoms with E-state index >= 15 is 0 Å². The normalized spacial score (nSPS) is 23.5. The number of amides is 2. The molecule has 2 aromatic rings. The van der Waals surface area contributed by atoms with Crippen LogP contribution in [0.4, 0.5) is 0 Å². The third-order valence-electron chi connectivity index (χ3n) is 8.68. The Morgan fingerprint density at radius 1 is 0.841 bits per heavy atom. The van der Waals surface area contributed by atoms with E-state index in [-0.39, 0.29) is 31.1 Å². The predicted octanol–water partition coefficient (Wildman–Crippen LogP) is 3.64. The number of unbranched alkanes of at least 4 members (excludes halogenated alkanes) is 2. The van der Waals surface area contributed by atoms with Gasteiger partial charge in [-0.05, 0) is 29.5 Å². The van der Waals surface area contributed by atoms with Crippen molar-refractivity contribution in [1.82, 2.24) is 15.7 Å². The summed E-state index contributed by atoms with van der Waals surface area (Å²) in [6.07, 6.45) is 4.41. The standard InChI is InChI=1S/C33H45N3O8/c37-23-25-8-10-26(11-9-25)29-20-28(22-36-16-14-33(15-17-36)41-18-19-42-33)43-32(44-29)27-12-6-24(7-13-27)21-34-30(38)4-2-1-3-5-31(39)35-40/h6-13,28-29,32,37,40H,1-5,14-23H2,(H,34,38)(H,35,39). The zero-order valence-corrected chi connectivity index (χ0v) is 25.2. The molecule has 0 aliphatic carbocycles. The van der Waals surface area contributed by atoms with Crippen LogP contribution in [-0.4, -0.2) is 71.8 Å². The quantitative estimate of drug-likeness (QED) is 0.152. The highest BCUT2D eigenvalue weighted by Gasteiger charge is 2.41. The van der Waals surface area contributed by atoms with Gasteiger partial charge in [-0.2, -0.15) is 0 Å². The van der Waals surface area contributed by atoms with Crippen molar-refractivity contribution in [1.29, 1.82) is 0 Å². The smallest absolute Gasteiger partial charge is 0.243 e. The first-order valence-corrected chi connectivity index (χ1v) is 15.7. The van der Waals surface area contributed by atoms with Gasteiger partial charge in [-0.25, -0.2) is 5.48 Å². The third kappa shape index (κ3) is 9.07. The third-order valence-corrected chi connectivity index (χ3v) is 8.68. The van der Waals surface area contributed by atoms with Crippen LogP contribution in [0, 0.1) is 0 Å². The van der Waals surface area contributed by atoms with Crippen LogP contribution in [0.15, 0.2) is 48.5 Å². The maximum absolute atomic E-state index is 12.3. The molecule has 3 saturated heterocycles. The van der Waals surface area contributed by atoms with Crippen LogP contribution in [0.2, 0.25) is 0 Å². The Morgan fingerprint density at radius 2 is 1.48 bits per heavy atom. The first-order chi connectivity index (χ1) is 21.4. The largest absolute Gasteiger partial charge is 0.392 e. The Hall–Kier alpha value is -2.90. The molecule has 11 nitrogen and oxygen atoms in total. The fourth-order valence-corrected chi connectivity index (χ4v) is 6.07. The van der Waals surface area contributed by atoms with E-state index in [0.717, 1.165) is 67.6 Å². The number of nitrogens with one attached hydrogen (secondary N) is 2. The fraction of sp³-hybridized carbons (Fsp3) is 0.576. The molecule has 3 aliphatic heterocycles. The number of hydroxylamine groups is 1. The molecule has 5 rings (SSSR count). The van der Waals surface area contributed by atoms with Crippen molar-refractivity contribution in [2.45, 2.75) is 88.8 Å². The van der Waals surface area contributed by atoms with Gasteiger partial charge in [-0.3, -0.25) is 14.8 Å². The summed E-state index contributed by atoms with van der Waals surface area (Å²) >= 11 is 0. The average Bonchev–Trinajstić information content (AvgIpc) is 3.52. The SMILES string of the molecule is O=C(CCCCCC(=O)NCc1ccc(C2OC(CN3CCC4(CC3)OCCO4)CC(c3ccc(CO)cc3)O2)cc1)NO. The Balaban J connectivity index is 1.15. The average molecular weight is 612 g/mol. The maximum Gasteiger partial charge on any atom is 0.243 e. The minimum Gasteiger partial charge on any atom is -0.392 e. The van der Waals surface area contributed by atoms with Crippen molar-refractivity contribution in [3.8, 4) is 0 Å². The number of aliphatic hydroxyl groups is 1. The van der Waals surface area contributed by atoms with E-state index in [4.69, 9.17) is 24.2 Å². The lowest BCUT2D eigenvalue weighted by Gasteiger charge is -2.41. The molecule has 2 amide bonds. The van der Waals surface area contributed by atoms with E-state index in [2.05, 4.69) is 10.2 Å². The highest BCUT2D eigenvalue weighted by molar-refractivity contribution is 5.76. The lowest BCUT2D eigenvalue weighted by molar-refractivity contribution is -0.255. The highest BCUT2D eigenvalue weighted by Crippen LogP contribution is 2.39. The molecule has 3 heterocycles. The minimum atomic E-state index is -0.537. The molecule has 0 saturated carbocycles. The van der Waals surface area contributed by atoms with Crippen LogP contribution in [0.3, 0.4) is 0 Å². The molecule has 3 atom stereocenters. The van der Waals surface area contributed by atoms with Crippen molar-refractivity contribution in [3.63, 3.8) is 0 Å². The molecule has 0 radical (unpaired) electrons. The summed E-state index contributed by atoms with van der Waals surface area (Å²) in [5.41, 5.74) is 5.43. The van der Waals surface area contributed by atoms with Gasteiger partial charge in [0.25, 0.3) is 0 Å². The van der Waals surface area contributed by atoms with Gasteiger partial charge in [-0.1, -0.05) is 55.0 Å². The van der Waals surface area contributed by atoms with Gasteiger partial charge in [0, 0.05) is 63.8 Å². The molecular weight excluding hydrogens is 566 g/mol. The van der Waals surface area contributed by atoms with E-state index in [1.165, 1.54) is 0 Å². The second kappa shape index (κ2) is 15.9. The summed E-state index contributed by atoms with van der Waals surface area (Å²) in [7, 11) is 0. The monoisotopic (exact) mass is 611 g/mol. The van der Waals surface area contributed by atoms with Gasteiger partial charge in [0.2, 0.25) is 11.8 Å². The number of carbonyl (C=O) groups excluding carboxylic acids is 2. The highest BCUT2D eigenvalue weighted by atomic mass is 16.7. The van der Waals surface area contributed by atoms with Crippen LogP contribution in [0.5, 0.6) is 0 Å². The van der Waals surface area contributed by atoms with E-state index in [1.807, 2.05) is 48.5 Å². The molecule has 0 bridgehead atoms. The minimum absolute atomic E-state index is 0.00234. The number of benzene rings is 2. The van der Waals surface area contributed by atoms with E-state index in [0.29, 0.717) is 39.0 Å². The molecule has 3 unspecified atom stereocenters. The number of ether oxygens (including phenoxy) is 4. The predicted molar refractivity (Wildman–Crippen MR) is 160 cm³/mol. The molecule has 1 spiro atoms. The van der Waals surface area contributed by atoms with Crippen molar-refractivity contribution >= 4 is 11.8 Å². The van der Waals surface area contributed by atoms with Crippen molar-refractivity contribution in [2.24, 2.45) is 0 Å². The van der Waals surface area contributed by atoms with Crippen molar-refractivity contribution in [2.75, 3.05) is 32.8 Å². The zero-order valence-electron chi connectivity index (χ0n) is 25.2. The summed E-state index contributed by atoms with van der Waals surface area (Å²) in [4.78, 5) is 25.7. The van der Waals surface area contributed by atoms with Crippen molar-refractivity contribution < 1.29 is 38.9 Å². The molecule has 44 heavy (non-hydrogen) atoms. The van der Waals surface area contributed by atoms with Crippen LogP contribution >= 0.6 is 0 Å². The van der Waals surface area contributed by atoms with Gasteiger partial charge >= 0.3 is 0 Å². The molecule has 11 heteroatoms. The maximum atomic E-state index is 12.3. The molecule has 3 fully saturated rings. The number of likely N-dealkylation sites (tertiary alicyclic amines) is 1. The van der Waals surface area contributed by atoms with Crippen molar-refractivity contribution in [3.05, 3.63) is 70.8 Å². The first kappa shape index (κ1) is 32.5. The second-order valence-electron chi connectivity index (χ2n) is 11.9. The van der Waals surface area contributed by atoms with Crippen LogP contribution < -0.4 is 10.8 Å². The van der Waals surface area contributed by atoms with E-state index in [1.54, 1.807) is 5.48 Å². The van der Waals surface area contributed by atoms with Gasteiger partial charge in [0.1, 0.15) is 0 Å². The van der Waals surface area contributed by atoms with Gasteiger partial charge in [-0.15, -0.1) is 0 Å². The summed E-state index contributed by atoms with van der Waals surface area (Å²) in [5.74, 6) is -0.851. The molecule has 3 aliphatic rings. The van der Waals surface area contributed by atoms with E-state index in [9.17, 15) is 14.7 Å². The summed E-state index contributed by atoms with van der Waals surface area (Å²) in [6, 6.07) is 15.9. The Bertz CT molecular complexity index is 1190. The summed E-state index contributed by atoms with van der Waals surface area (Å²) in [6.45, 7) is 4.33. The van der Waals surface area contributed by atoms with Gasteiger partial charge < -0.3 is 34.3 Å². The molecular formula is C33H45N3O8. The number of nitrogens with zero attached hydrogens (tertiary/aromatic N) is 1. The van der Waals surface area contributed by atoms with E-state index < -0.39 is 18.0 Å². The lowest BCUT2D eigenvalue weighted by atomic mass is 9.98. The van der Waals surface area contributed by atoms with Crippen LogP contribution in [-0.2, 0) is 41.7 Å². The summed E-state index contributed by atoms with van der Waals surface area (Å²) in [5, 5.41) is 21.0. The number of rotatable bonds is 13. The lowest BCUT2D eigenvalue weighted by Crippen LogP contribution is -2.48. The topological polar surface area (TPSA) is 139 Å². The Morgan fingerprint density at radius 3 is 2.14 bits per heavy atom. The summed E-state index contributed by atoms with van der Waals surface area (Å²) < 4.78 is 24.8. The van der Waals surface area contributed by atoms with Gasteiger partial charge in [0.05, 0.1) is 32.0 Å².